The molecule has 16 heteroatoms. The SMILES string of the molecule is C=CCN(C)[C@H]1C[C@@H](C)O[C@@](C)(O[C@@H]2[C@@H](C)C(=O)[C@](C)(F)C(=O)O[C@H](CC)[C@@]3(C)OC(=O)N(CCCCn4nnc5ccccc54)[C@@H]3[C@@H](C)C(=O)[C@H](C)C[C@@]2(C)OC)[C@@H]1O. The molecule has 0 aliphatic carbocycles. The average molecular weight is 844 g/mol. The molecule has 0 spiro atoms. The van der Waals surface area contributed by atoms with Crippen molar-refractivity contribution in [2.75, 3.05) is 27.2 Å². The predicted molar refractivity (Wildman–Crippen MR) is 220 cm³/mol. The molecule has 4 heterocycles. The van der Waals surface area contributed by atoms with Crippen LogP contribution in [0.2, 0.25) is 0 Å². The van der Waals surface area contributed by atoms with Crippen molar-refractivity contribution >= 4 is 34.7 Å². The first-order chi connectivity index (χ1) is 28.1. The molecule has 3 saturated heterocycles. The van der Waals surface area contributed by atoms with E-state index in [1.807, 2.05) is 43.1 Å². The number of nitrogens with zero attached hydrogens (tertiary/aromatic N) is 5. The maximum absolute atomic E-state index is 17.0. The van der Waals surface area contributed by atoms with Crippen LogP contribution in [0.5, 0.6) is 0 Å². The van der Waals surface area contributed by atoms with Crippen LogP contribution in [0, 0.1) is 17.8 Å². The van der Waals surface area contributed by atoms with Crippen LogP contribution in [0.4, 0.5) is 9.18 Å². The van der Waals surface area contributed by atoms with Crippen molar-refractivity contribution in [2.24, 2.45) is 17.8 Å². The second kappa shape index (κ2) is 18.3. The molecular formula is C44H66FN5O10. The van der Waals surface area contributed by atoms with Crippen LogP contribution in [-0.2, 0) is 44.6 Å². The molecule has 13 atom stereocenters. The Kier molecular flexibility index (Phi) is 14.4. The van der Waals surface area contributed by atoms with Crippen molar-refractivity contribution < 1.29 is 52.4 Å². The Balaban J connectivity index is 1.51. The number of aliphatic hydroxyl groups excluding tert-OH is 1. The van der Waals surface area contributed by atoms with Crippen LogP contribution in [0.3, 0.4) is 0 Å². The Morgan fingerprint density at radius 3 is 2.37 bits per heavy atom. The lowest BCUT2D eigenvalue weighted by atomic mass is 9.73. The molecule has 1 N–H and O–H groups in total. The fourth-order valence-corrected chi connectivity index (χ4v) is 9.95. The smallest absolute Gasteiger partial charge is 0.410 e. The molecule has 0 unspecified atom stereocenters. The van der Waals surface area contributed by atoms with E-state index >= 15 is 4.39 Å². The quantitative estimate of drug-likeness (QED) is 0.124. The zero-order chi connectivity index (χ0) is 44.5. The van der Waals surface area contributed by atoms with Gasteiger partial charge in [0.05, 0.1) is 29.4 Å². The number of ketones is 2. The number of carbonyl (C=O) groups is 4. The molecule has 1 amide bonds. The minimum Gasteiger partial charge on any atom is -0.455 e. The number of hydrogen-bond acceptors (Lipinski definition) is 13. The van der Waals surface area contributed by atoms with E-state index in [-0.39, 0.29) is 25.2 Å². The fourth-order valence-electron chi connectivity index (χ4n) is 9.95. The lowest BCUT2D eigenvalue weighted by molar-refractivity contribution is -0.354. The van der Waals surface area contributed by atoms with Crippen LogP contribution >= 0.6 is 0 Å². The molecule has 5 rings (SSSR count). The number of ether oxygens (including phenoxy) is 5. The number of benzene rings is 1. The second-order valence-electron chi connectivity index (χ2n) is 17.9. The van der Waals surface area contributed by atoms with Gasteiger partial charge < -0.3 is 33.7 Å². The fraction of sp³-hybridized carbons (Fsp3) is 0.727. The van der Waals surface area contributed by atoms with Gasteiger partial charge in [-0.05, 0) is 85.9 Å². The monoisotopic (exact) mass is 843 g/mol. The van der Waals surface area contributed by atoms with Gasteiger partial charge in [0.2, 0.25) is 0 Å². The standard InChI is InChI=1S/C44H66FN5O10/c1-13-21-48(11)32-24-27(4)58-44(10,37(32)53)59-38-29(6)36(52)42(8,45)39(54)57-33(14-2)43(9)35(28(5)34(51)26(3)25-41(38,7)56-12)49(40(55)60-43)22-17-18-23-50-31-20-16-15-19-30(31)46-47-50/h13,15-16,19-20,26-29,32-33,35,37-38,53H,1,14,17-18,21-25H2,2-12H3/t26-,27-,28+,29+,32+,33-,35-,37-,38-,41-,42+,43-,44+/m1/s1. The van der Waals surface area contributed by atoms with Gasteiger partial charge >= 0.3 is 12.1 Å². The second-order valence-corrected chi connectivity index (χ2v) is 17.9. The van der Waals surface area contributed by atoms with Gasteiger partial charge in [-0.1, -0.05) is 51.1 Å². The number of aliphatic hydroxyl groups is 1. The molecule has 3 fully saturated rings. The Morgan fingerprint density at radius 2 is 1.72 bits per heavy atom. The third-order valence-electron chi connectivity index (χ3n) is 13.3. The van der Waals surface area contributed by atoms with Gasteiger partial charge in [0.15, 0.2) is 17.2 Å². The Bertz CT molecular complexity index is 1890. The minimum absolute atomic E-state index is 0.0226. The van der Waals surface area contributed by atoms with Crippen LogP contribution in [0.1, 0.15) is 94.4 Å². The number of hydrogen-bond donors (Lipinski definition) is 1. The molecule has 1 aromatic carbocycles. The number of cyclic esters (lactones) is 1. The molecule has 2 aromatic rings. The van der Waals surface area contributed by atoms with Crippen molar-refractivity contribution in [3.8, 4) is 0 Å². The van der Waals surface area contributed by atoms with E-state index in [1.54, 1.807) is 52.3 Å². The highest BCUT2D eigenvalue weighted by Gasteiger charge is 2.62. The summed E-state index contributed by atoms with van der Waals surface area (Å²) in [4.78, 5) is 60.5. The number of amides is 1. The Morgan fingerprint density at radius 1 is 1.05 bits per heavy atom. The number of unbranched alkanes of at least 4 members (excludes halogenated alkanes) is 1. The van der Waals surface area contributed by atoms with Crippen molar-refractivity contribution in [2.45, 2.75) is 160 Å². The zero-order valence-corrected chi connectivity index (χ0v) is 37.2. The summed E-state index contributed by atoms with van der Waals surface area (Å²) < 4.78 is 50.0. The van der Waals surface area contributed by atoms with Gasteiger partial charge in [-0.25, -0.2) is 18.7 Å². The molecule has 0 radical (unpaired) electrons. The summed E-state index contributed by atoms with van der Waals surface area (Å²) in [5, 5.41) is 20.3. The lowest BCUT2D eigenvalue weighted by Crippen LogP contribution is -2.65. The van der Waals surface area contributed by atoms with Gasteiger partial charge in [0, 0.05) is 50.5 Å². The predicted octanol–water partition coefficient (Wildman–Crippen LogP) is 5.45. The van der Waals surface area contributed by atoms with Crippen LogP contribution in [-0.4, -0.2) is 140 Å². The number of esters is 1. The van der Waals surface area contributed by atoms with E-state index in [4.69, 9.17) is 23.7 Å². The third-order valence-corrected chi connectivity index (χ3v) is 13.3. The summed E-state index contributed by atoms with van der Waals surface area (Å²) in [5.74, 6) is -7.64. The van der Waals surface area contributed by atoms with Crippen molar-refractivity contribution in [1.29, 1.82) is 0 Å². The van der Waals surface area contributed by atoms with E-state index in [9.17, 15) is 24.3 Å². The molecular weight excluding hydrogens is 778 g/mol. The number of carbonyl (C=O) groups excluding carboxylic acids is 4. The topological polar surface area (TPSA) is 172 Å². The van der Waals surface area contributed by atoms with Gasteiger partial charge in [-0.2, -0.15) is 0 Å². The lowest BCUT2D eigenvalue weighted by Gasteiger charge is -2.52. The number of likely N-dealkylation sites (N-methyl/N-ethyl adjacent to an activating group) is 1. The van der Waals surface area contributed by atoms with Crippen LogP contribution in [0.15, 0.2) is 36.9 Å². The number of alkyl halides is 1. The Labute approximate surface area is 353 Å². The Hall–Kier alpha value is -3.83. The largest absolute Gasteiger partial charge is 0.455 e. The summed E-state index contributed by atoms with van der Waals surface area (Å²) in [6.45, 7) is 19.1. The number of rotatable bonds is 12. The number of Topliss-reactive ketones (excluding diaryl/α,β-unsaturated/α-hetero) is 2. The average Bonchev–Trinajstić information content (AvgIpc) is 3.73. The summed E-state index contributed by atoms with van der Waals surface area (Å²) >= 11 is 0. The number of aromatic nitrogens is 3. The maximum atomic E-state index is 17.0. The molecule has 3 aliphatic heterocycles. The number of methoxy groups -OCH3 is 1. The highest BCUT2D eigenvalue weighted by Crippen LogP contribution is 2.45. The molecule has 0 saturated carbocycles. The molecule has 0 bridgehead atoms. The third kappa shape index (κ3) is 8.90. The van der Waals surface area contributed by atoms with E-state index in [2.05, 4.69) is 16.9 Å². The van der Waals surface area contributed by atoms with E-state index in [0.717, 1.165) is 18.0 Å². The van der Waals surface area contributed by atoms with Crippen molar-refractivity contribution in [3.05, 3.63) is 36.9 Å². The molecule has 1 aromatic heterocycles. The van der Waals surface area contributed by atoms with Crippen LogP contribution < -0.4 is 0 Å². The summed E-state index contributed by atoms with van der Waals surface area (Å²) in [5.41, 5.74) is -4.64. The first kappa shape index (κ1) is 47.2. The summed E-state index contributed by atoms with van der Waals surface area (Å²) in [7, 11) is 3.25. The van der Waals surface area contributed by atoms with Crippen LogP contribution in [0.25, 0.3) is 11.0 Å². The summed E-state index contributed by atoms with van der Waals surface area (Å²) in [6.07, 6.45) is -1.59. The normalized spacial score (nSPS) is 38.4. The van der Waals surface area contributed by atoms with E-state index in [0.29, 0.717) is 32.4 Å². The van der Waals surface area contributed by atoms with Crippen molar-refractivity contribution in [3.63, 3.8) is 0 Å². The van der Waals surface area contributed by atoms with Gasteiger partial charge in [-0.15, -0.1) is 11.7 Å². The highest BCUT2D eigenvalue weighted by molar-refractivity contribution is 6.08. The molecule has 334 valence electrons. The van der Waals surface area contributed by atoms with Gasteiger partial charge in [0.1, 0.15) is 23.5 Å². The highest BCUT2D eigenvalue weighted by atomic mass is 19.1. The number of halogens is 1. The molecule has 3 aliphatic rings. The van der Waals surface area contributed by atoms with E-state index < -0.39 is 94.8 Å². The van der Waals surface area contributed by atoms with Crippen molar-refractivity contribution in [1.82, 2.24) is 24.8 Å². The first-order valence-corrected chi connectivity index (χ1v) is 21.3. The number of para-hydroxylation sites is 1. The van der Waals surface area contributed by atoms with Gasteiger partial charge in [0.25, 0.3) is 5.67 Å². The minimum atomic E-state index is -3.20. The van der Waals surface area contributed by atoms with Gasteiger partial charge in [-0.3, -0.25) is 14.5 Å². The number of aryl methyl sites for hydroxylation is 1. The van der Waals surface area contributed by atoms with E-state index in [1.165, 1.54) is 18.9 Å². The first-order valence-electron chi connectivity index (χ1n) is 21.3. The number of fused-ring (bicyclic) bond motifs is 2. The maximum Gasteiger partial charge on any atom is 0.410 e. The zero-order valence-electron chi connectivity index (χ0n) is 37.2. The molecule has 15 nitrogen and oxygen atoms in total. The molecule has 60 heavy (non-hydrogen) atoms. The summed E-state index contributed by atoms with van der Waals surface area (Å²) in [6, 6.07) is 6.23.